The molecule has 4 aromatic rings. The number of carbonyl (C=O) groups excluding carboxylic acids is 1. The van der Waals surface area contributed by atoms with Crippen LogP contribution in [0.3, 0.4) is 0 Å². The van der Waals surface area contributed by atoms with Crippen LogP contribution in [0.4, 0.5) is 11.4 Å². The van der Waals surface area contributed by atoms with Gasteiger partial charge in [0.05, 0.1) is 23.4 Å². The van der Waals surface area contributed by atoms with E-state index in [0.29, 0.717) is 37.6 Å². The molecule has 9 nitrogen and oxygen atoms in total. The van der Waals surface area contributed by atoms with Crippen LogP contribution in [-0.4, -0.2) is 58.8 Å². The third-order valence-electron chi connectivity index (χ3n) is 6.29. The van der Waals surface area contributed by atoms with Crippen molar-refractivity contribution in [3.8, 4) is 22.7 Å². The second-order valence-electron chi connectivity index (χ2n) is 8.45. The van der Waals surface area contributed by atoms with E-state index in [2.05, 4.69) is 4.90 Å². The lowest BCUT2D eigenvalue weighted by molar-refractivity contribution is -0.384. The highest BCUT2D eigenvalue weighted by molar-refractivity contribution is 5.94. The molecule has 0 saturated carbocycles. The summed E-state index contributed by atoms with van der Waals surface area (Å²) in [7, 11) is 1.62. The zero-order valence-corrected chi connectivity index (χ0v) is 19.8. The number of hydrogen-bond donors (Lipinski definition) is 0. The first-order valence-corrected chi connectivity index (χ1v) is 11.6. The molecule has 0 atom stereocenters. The van der Waals surface area contributed by atoms with Gasteiger partial charge in [-0.2, -0.15) is 5.10 Å². The molecule has 0 N–H and O–H groups in total. The minimum Gasteiger partial charge on any atom is -0.497 e. The van der Waals surface area contributed by atoms with Crippen LogP contribution in [0.25, 0.3) is 16.9 Å². The largest absolute Gasteiger partial charge is 0.497 e. The average Bonchev–Trinajstić information content (AvgIpc) is 3.39. The van der Waals surface area contributed by atoms with Crippen LogP contribution in [0.5, 0.6) is 5.75 Å². The number of aromatic nitrogens is 2. The van der Waals surface area contributed by atoms with E-state index in [-0.39, 0.29) is 11.6 Å². The van der Waals surface area contributed by atoms with Crippen LogP contribution in [0.2, 0.25) is 0 Å². The van der Waals surface area contributed by atoms with Gasteiger partial charge in [0.1, 0.15) is 11.4 Å². The van der Waals surface area contributed by atoms with E-state index in [9.17, 15) is 14.9 Å². The number of ether oxygens (including phenoxy) is 1. The molecule has 2 heterocycles. The van der Waals surface area contributed by atoms with Crippen molar-refractivity contribution in [3.63, 3.8) is 0 Å². The van der Waals surface area contributed by atoms with Gasteiger partial charge in [-0.1, -0.05) is 30.3 Å². The maximum Gasteiger partial charge on any atom is 0.272 e. The van der Waals surface area contributed by atoms with Crippen molar-refractivity contribution in [3.05, 3.63) is 101 Å². The summed E-state index contributed by atoms with van der Waals surface area (Å²) in [4.78, 5) is 28.2. The summed E-state index contributed by atoms with van der Waals surface area (Å²) in [5.41, 5.74) is 3.81. The number of methoxy groups -OCH3 is 1. The normalized spacial score (nSPS) is 13.5. The van der Waals surface area contributed by atoms with Gasteiger partial charge < -0.3 is 14.5 Å². The standard InChI is InChI=1S/C27H25N5O4/c1-36-24-9-5-6-20(18-24)25-19-26(31(28-25)22-7-3-2-4-8-22)27(33)30-16-14-29(15-17-30)21-10-12-23(13-11-21)32(34)35/h2-13,18-19H,14-17H2,1H3. The number of carbonyl (C=O) groups is 1. The van der Waals surface area contributed by atoms with Gasteiger partial charge in [0.2, 0.25) is 0 Å². The Morgan fingerprint density at radius 3 is 2.28 bits per heavy atom. The summed E-state index contributed by atoms with van der Waals surface area (Å²) in [5, 5.41) is 15.7. The van der Waals surface area contributed by atoms with E-state index < -0.39 is 4.92 Å². The van der Waals surface area contributed by atoms with Gasteiger partial charge >= 0.3 is 0 Å². The Morgan fingerprint density at radius 1 is 0.889 bits per heavy atom. The minimum atomic E-state index is -0.407. The Balaban J connectivity index is 1.39. The highest BCUT2D eigenvalue weighted by atomic mass is 16.6. The van der Waals surface area contributed by atoms with Crippen molar-refractivity contribution >= 4 is 17.3 Å². The van der Waals surface area contributed by atoms with E-state index in [4.69, 9.17) is 9.84 Å². The molecular weight excluding hydrogens is 458 g/mol. The summed E-state index contributed by atoms with van der Waals surface area (Å²) in [5.74, 6) is 0.626. The molecule has 5 rings (SSSR count). The molecule has 1 amide bonds. The number of nitro groups is 1. The van der Waals surface area contributed by atoms with Gasteiger partial charge in [-0.3, -0.25) is 14.9 Å². The number of non-ortho nitro benzene ring substituents is 1. The second-order valence-corrected chi connectivity index (χ2v) is 8.45. The summed E-state index contributed by atoms with van der Waals surface area (Å²) in [6, 6.07) is 25.5. The highest BCUT2D eigenvalue weighted by Crippen LogP contribution is 2.27. The van der Waals surface area contributed by atoms with Gasteiger partial charge in [0.15, 0.2) is 0 Å². The summed E-state index contributed by atoms with van der Waals surface area (Å²) in [6.45, 7) is 2.33. The van der Waals surface area contributed by atoms with E-state index >= 15 is 0 Å². The molecule has 1 saturated heterocycles. The monoisotopic (exact) mass is 483 g/mol. The van der Waals surface area contributed by atoms with Crippen molar-refractivity contribution in [1.29, 1.82) is 0 Å². The Labute approximate surface area is 208 Å². The van der Waals surface area contributed by atoms with Crippen LogP contribution in [0.1, 0.15) is 10.5 Å². The van der Waals surface area contributed by atoms with E-state index in [1.807, 2.05) is 65.6 Å². The number of hydrogen-bond acceptors (Lipinski definition) is 6. The smallest absolute Gasteiger partial charge is 0.272 e. The average molecular weight is 484 g/mol. The van der Waals surface area contributed by atoms with Gasteiger partial charge in [-0.15, -0.1) is 0 Å². The molecule has 182 valence electrons. The maximum absolute atomic E-state index is 13.7. The zero-order chi connectivity index (χ0) is 25.1. The van der Waals surface area contributed by atoms with Crippen molar-refractivity contribution in [2.75, 3.05) is 38.2 Å². The number of amides is 1. The number of piperazine rings is 1. The molecule has 0 aliphatic carbocycles. The Bertz CT molecular complexity index is 1380. The third-order valence-corrected chi connectivity index (χ3v) is 6.29. The van der Waals surface area contributed by atoms with Crippen LogP contribution < -0.4 is 9.64 Å². The first-order valence-electron chi connectivity index (χ1n) is 11.6. The maximum atomic E-state index is 13.7. The number of benzene rings is 3. The number of para-hydroxylation sites is 1. The van der Waals surface area contributed by atoms with Gasteiger partial charge in [0, 0.05) is 49.6 Å². The fourth-order valence-electron chi connectivity index (χ4n) is 4.34. The molecule has 1 aromatic heterocycles. The zero-order valence-electron chi connectivity index (χ0n) is 19.8. The molecule has 9 heteroatoms. The van der Waals surface area contributed by atoms with Crippen LogP contribution >= 0.6 is 0 Å². The highest BCUT2D eigenvalue weighted by Gasteiger charge is 2.26. The lowest BCUT2D eigenvalue weighted by atomic mass is 10.1. The lowest BCUT2D eigenvalue weighted by Crippen LogP contribution is -2.49. The van der Waals surface area contributed by atoms with Crippen molar-refractivity contribution in [2.24, 2.45) is 0 Å². The molecule has 0 spiro atoms. The van der Waals surface area contributed by atoms with Crippen LogP contribution in [-0.2, 0) is 0 Å². The van der Waals surface area contributed by atoms with E-state index in [0.717, 1.165) is 22.7 Å². The Morgan fingerprint density at radius 2 is 1.61 bits per heavy atom. The molecule has 1 fully saturated rings. The first kappa shape index (κ1) is 23.1. The molecule has 3 aromatic carbocycles. The molecule has 36 heavy (non-hydrogen) atoms. The molecule has 0 bridgehead atoms. The molecule has 0 unspecified atom stereocenters. The summed E-state index contributed by atoms with van der Waals surface area (Å²) in [6.07, 6.45) is 0. The summed E-state index contributed by atoms with van der Waals surface area (Å²) >= 11 is 0. The predicted octanol–water partition coefficient (Wildman–Crippen LogP) is 4.42. The van der Waals surface area contributed by atoms with Gasteiger partial charge in [-0.25, -0.2) is 4.68 Å². The number of nitrogens with zero attached hydrogens (tertiary/aromatic N) is 5. The lowest BCUT2D eigenvalue weighted by Gasteiger charge is -2.36. The van der Waals surface area contributed by atoms with Crippen molar-refractivity contribution < 1.29 is 14.5 Å². The fraction of sp³-hybridized carbons (Fsp3) is 0.185. The molecule has 1 aliphatic heterocycles. The molecular formula is C27H25N5O4. The van der Waals surface area contributed by atoms with Crippen molar-refractivity contribution in [2.45, 2.75) is 0 Å². The topological polar surface area (TPSA) is 93.7 Å². The van der Waals surface area contributed by atoms with Crippen molar-refractivity contribution in [1.82, 2.24) is 14.7 Å². The number of anilines is 1. The Kier molecular flexibility index (Phi) is 6.36. The number of nitro benzene ring substituents is 1. The molecule has 1 aliphatic rings. The minimum absolute atomic E-state index is 0.0635. The third kappa shape index (κ3) is 4.63. The van der Waals surface area contributed by atoms with Gasteiger partial charge in [0.25, 0.3) is 11.6 Å². The SMILES string of the molecule is COc1cccc(-c2cc(C(=O)N3CCN(c4ccc([N+](=O)[O-])cc4)CC3)n(-c3ccccc3)n2)c1. The number of rotatable bonds is 6. The van der Waals surface area contributed by atoms with Crippen LogP contribution in [0, 0.1) is 10.1 Å². The quantitative estimate of drug-likeness (QED) is 0.298. The molecule has 0 radical (unpaired) electrons. The van der Waals surface area contributed by atoms with Gasteiger partial charge in [-0.05, 0) is 42.5 Å². The van der Waals surface area contributed by atoms with E-state index in [1.54, 1.807) is 23.9 Å². The van der Waals surface area contributed by atoms with E-state index in [1.165, 1.54) is 12.1 Å². The fourth-order valence-corrected chi connectivity index (χ4v) is 4.34. The Hall–Kier alpha value is -4.66. The summed E-state index contributed by atoms with van der Waals surface area (Å²) < 4.78 is 7.05. The first-order chi connectivity index (χ1) is 17.5. The predicted molar refractivity (Wildman–Crippen MR) is 137 cm³/mol. The van der Waals surface area contributed by atoms with Crippen LogP contribution in [0.15, 0.2) is 84.9 Å². The second kappa shape index (κ2) is 9.91.